The second kappa shape index (κ2) is 6.11. The number of esters is 1. The largest absolute Gasteiger partial charge is 0.461 e. The minimum absolute atomic E-state index is 0.0430. The van der Waals surface area contributed by atoms with Crippen LogP contribution in [-0.4, -0.2) is 17.6 Å². The summed E-state index contributed by atoms with van der Waals surface area (Å²) in [5.74, 6) is 0.267. The minimum atomic E-state index is -0.800. The van der Waals surface area contributed by atoms with E-state index in [-0.39, 0.29) is 12.1 Å². The molecule has 0 radical (unpaired) electrons. The van der Waals surface area contributed by atoms with Crippen LogP contribution < -0.4 is 5.73 Å². The zero-order valence-electron chi connectivity index (χ0n) is 10.7. The fourth-order valence-corrected chi connectivity index (χ4v) is 1.55. The molecule has 2 N–H and O–H groups in total. The number of hydrogen-bond donors (Lipinski definition) is 1. The van der Waals surface area contributed by atoms with Crippen LogP contribution in [0.25, 0.3) is 0 Å². The lowest BCUT2D eigenvalue weighted by molar-refractivity contribution is -0.155. The zero-order valence-corrected chi connectivity index (χ0v) is 10.7. The molecule has 0 rings (SSSR count). The van der Waals surface area contributed by atoms with E-state index in [1.807, 2.05) is 20.8 Å². The Morgan fingerprint density at radius 3 is 2.07 bits per heavy atom. The van der Waals surface area contributed by atoms with E-state index in [1.54, 1.807) is 0 Å². The number of nitrogens with two attached hydrogens (primary N) is 1. The Morgan fingerprint density at radius 2 is 1.73 bits per heavy atom. The topological polar surface area (TPSA) is 52.3 Å². The van der Waals surface area contributed by atoms with E-state index in [4.69, 9.17) is 10.5 Å². The Bertz CT molecular complexity index is 198. The van der Waals surface area contributed by atoms with Gasteiger partial charge in [-0.05, 0) is 32.1 Å². The molecule has 0 fully saturated rings. The maximum atomic E-state index is 11.8. The fraction of sp³-hybridized carbons (Fsp3) is 0.917. The Labute approximate surface area is 93.4 Å². The van der Waals surface area contributed by atoms with Gasteiger partial charge in [-0.2, -0.15) is 0 Å². The highest BCUT2D eigenvalue weighted by Crippen LogP contribution is 2.16. The molecule has 3 nitrogen and oxygen atoms in total. The molecule has 90 valence electrons. The van der Waals surface area contributed by atoms with Gasteiger partial charge in [0.25, 0.3) is 0 Å². The van der Waals surface area contributed by atoms with Crippen LogP contribution in [0.5, 0.6) is 0 Å². The highest BCUT2D eigenvalue weighted by molar-refractivity contribution is 5.80. The van der Waals surface area contributed by atoms with Crippen molar-refractivity contribution < 1.29 is 9.53 Å². The Kier molecular flexibility index (Phi) is 5.88. The Morgan fingerprint density at radius 1 is 1.27 bits per heavy atom. The molecule has 0 aliphatic heterocycles. The molecular formula is C12H25NO2. The average molecular weight is 215 g/mol. The first-order valence-electron chi connectivity index (χ1n) is 5.85. The van der Waals surface area contributed by atoms with Crippen LogP contribution >= 0.6 is 0 Å². The number of carbonyl (C=O) groups is 1. The van der Waals surface area contributed by atoms with Crippen molar-refractivity contribution in [2.75, 3.05) is 0 Å². The predicted molar refractivity (Wildman–Crippen MR) is 62.5 cm³/mol. The summed E-state index contributed by atoms with van der Waals surface area (Å²) >= 11 is 0. The van der Waals surface area contributed by atoms with Gasteiger partial charge in [-0.1, -0.05) is 27.7 Å². The van der Waals surface area contributed by atoms with E-state index in [2.05, 4.69) is 13.8 Å². The quantitative estimate of drug-likeness (QED) is 0.692. The molecule has 0 saturated heterocycles. The number of carbonyl (C=O) groups excluding carboxylic acids is 1. The third kappa shape index (κ3) is 4.65. The first kappa shape index (κ1) is 14.4. The summed E-state index contributed by atoms with van der Waals surface area (Å²) in [6.45, 7) is 9.97. The van der Waals surface area contributed by atoms with Crippen LogP contribution in [-0.2, 0) is 9.53 Å². The van der Waals surface area contributed by atoms with Crippen molar-refractivity contribution in [1.29, 1.82) is 0 Å². The third-order valence-corrected chi connectivity index (χ3v) is 2.78. The van der Waals surface area contributed by atoms with Crippen LogP contribution in [0.4, 0.5) is 0 Å². The van der Waals surface area contributed by atoms with Crippen molar-refractivity contribution in [3.8, 4) is 0 Å². The summed E-state index contributed by atoms with van der Waals surface area (Å²) in [7, 11) is 0. The van der Waals surface area contributed by atoms with Crippen LogP contribution in [0.1, 0.15) is 53.9 Å². The number of rotatable bonds is 6. The van der Waals surface area contributed by atoms with Crippen LogP contribution in [0, 0.1) is 5.92 Å². The van der Waals surface area contributed by atoms with E-state index in [9.17, 15) is 4.79 Å². The van der Waals surface area contributed by atoms with Gasteiger partial charge >= 0.3 is 5.97 Å². The lowest BCUT2D eigenvalue weighted by Crippen LogP contribution is -2.48. The predicted octanol–water partition coefficient (Wildman–Crippen LogP) is 2.48. The molecule has 0 bridgehead atoms. The van der Waals surface area contributed by atoms with Crippen molar-refractivity contribution in [3.05, 3.63) is 0 Å². The molecule has 0 aliphatic carbocycles. The van der Waals surface area contributed by atoms with Crippen LogP contribution in [0.2, 0.25) is 0 Å². The van der Waals surface area contributed by atoms with Gasteiger partial charge in [-0.25, -0.2) is 0 Å². The molecule has 0 aromatic heterocycles. The first-order chi connectivity index (χ1) is 6.85. The van der Waals surface area contributed by atoms with Crippen molar-refractivity contribution in [2.45, 2.75) is 65.5 Å². The van der Waals surface area contributed by atoms with Crippen LogP contribution in [0.15, 0.2) is 0 Å². The standard InChI is InChI=1S/C12H25NO2/c1-6-12(13,7-2)11(14)15-10(5)8-9(3)4/h9-10H,6-8,13H2,1-5H3. The summed E-state index contributed by atoms with van der Waals surface area (Å²) in [5.41, 5.74) is 5.14. The smallest absolute Gasteiger partial charge is 0.326 e. The summed E-state index contributed by atoms with van der Waals surface area (Å²) in [6, 6.07) is 0. The molecule has 0 aliphatic rings. The molecule has 1 atom stereocenters. The minimum Gasteiger partial charge on any atom is -0.461 e. The summed E-state index contributed by atoms with van der Waals surface area (Å²) in [6.07, 6.45) is 2.08. The average Bonchev–Trinajstić information content (AvgIpc) is 2.15. The summed E-state index contributed by atoms with van der Waals surface area (Å²) < 4.78 is 5.34. The van der Waals surface area contributed by atoms with Gasteiger partial charge in [-0.3, -0.25) is 4.79 Å². The molecule has 0 aromatic carbocycles. The second-order valence-electron chi connectivity index (χ2n) is 4.71. The lowest BCUT2D eigenvalue weighted by Gasteiger charge is -2.26. The number of ether oxygens (including phenoxy) is 1. The highest BCUT2D eigenvalue weighted by Gasteiger charge is 2.32. The normalized spacial score (nSPS) is 14.1. The highest BCUT2D eigenvalue weighted by atomic mass is 16.5. The molecule has 1 unspecified atom stereocenters. The van der Waals surface area contributed by atoms with E-state index < -0.39 is 5.54 Å². The molecule has 3 heteroatoms. The third-order valence-electron chi connectivity index (χ3n) is 2.78. The molecule has 0 aromatic rings. The molecule has 0 saturated carbocycles. The summed E-state index contributed by atoms with van der Waals surface area (Å²) in [4.78, 5) is 11.8. The van der Waals surface area contributed by atoms with E-state index in [0.29, 0.717) is 18.8 Å². The summed E-state index contributed by atoms with van der Waals surface area (Å²) in [5, 5.41) is 0. The molecule has 0 spiro atoms. The zero-order chi connectivity index (χ0) is 12.1. The van der Waals surface area contributed by atoms with E-state index in [1.165, 1.54) is 0 Å². The van der Waals surface area contributed by atoms with Gasteiger partial charge in [0.05, 0.1) is 6.10 Å². The van der Waals surface area contributed by atoms with Gasteiger partial charge in [0.2, 0.25) is 0 Å². The maximum Gasteiger partial charge on any atom is 0.326 e. The van der Waals surface area contributed by atoms with Gasteiger partial charge < -0.3 is 10.5 Å². The molecule has 0 heterocycles. The fourth-order valence-electron chi connectivity index (χ4n) is 1.55. The van der Waals surface area contributed by atoms with Crippen molar-refractivity contribution >= 4 is 5.97 Å². The Balaban J connectivity index is 4.23. The maximum absolute atomic E-state index is 11.8. The SMILES string of the molecule is CCC(N)(CC)C(=O)OC(C)CC(C)C. The molecular weight excluding hydrogens is 190 g/mol. The molecule has 0 amide bonds. The first-order valence-corrected chi connectivity index (χ1v) is 5.85. The van der Waals surface area contributed by atoms with Gasteiger partial charge in [0.1, 0.15) is 5.54 Å². The van der Waals surface area contributed by atoms with E-state index in [0.717, 1.165) is 6.42 Å². The van der Waals surface area contributed by atoms with Crippen molar-refractivity contribution in [3.63, 3.8) is 0 Å². The monoisotopic (exact) mass is 215 g/mol. The lowest BCUT2D eigenvalue weighted by atomic mass is 9.94. The van der Waals surface area contributed by atoms with Crippen molar-refractivity contribution in [2.24, 2.45) is 11.7 Å². The van der Waals surface area contributed by atoms with Crippen LogP contribution in [0.3, 0.4) is 0 Å². The molecule has 15 heavy (non-hydrogen) atoms. The van der Waals surface area contributed by atoms with Gasteiger partial charge in [0.15, 0.2) is 0 Å². The van der Waals surface area contributed by atoms with Gasteiger partial charge in [0, 0.05) is 0 Å². The van der Waals surface area contributed by atoms with Gasteiger partial charge in [-0.15, -0.1) is 0 Å². The number of hydrogen-bond acceptors (Lipinski definition) is 3. The Hall–Kier alpha value is -0.570. The van der Waals surface area contributed by atoms with E-state index >= 15 is 0 Å². The van der Waals surface area contributed by atoms with Crippen molar-refractivity contribution in [1.82, 2.24) is 0 Å². The second-order valence-corrected chi connectivity index (χ2v) is 4.71.